The number of nitrogens with one attached hydrogen (secondary N) is 1. The number of hydrogen-bond donors (Lipinski definition) is 1. The second kappa shape index (κ2) is 7.44. The molecule has 1 saturated heterocycles. The number of fused-ring (bicyclic) bond motifs is 1. The molecule has 0 aromatic heterocycles. The van der Waals surface area contributed by atoms with Crippen LogP contribution in [0.15, 0.2) is 18.2 Å². The van der Waals surface area contributed by atoms with E-state index >= 15 is 0 Å². The van der Waals surface area contributed by atoms with Crippen molar-refractivity contribution < 1.29 is 4.74 Å². The van der Waals surface area contributed by atoms with Gasteiger partial charge >= 0.3 is 0 Å². The lowest BCUT2D eigenvalue weighted by atomic mass is 9.56. The predicted molar refractivity (Wildman–Crippen MR) is 97.7 cm³/mol. The molecular formula is C20H30ClNO. The molecule has 2 fully saturated rings. The van der Waals surface area contributed by atoms with E-state index in [1.165, 1.54) is 37.7 Å². The van der Waals surface area contributed by atoms with Gasteiger partial charge in [-0.3, -0.25) is 0 Å². The summed E-state index contributed by atoms with van der Waals surface area (Å²) in [5.74, 6) is 2.43. The highest BCUT2D eigenvalue weighted by molar-refractivity contribution is 6.17. The standard InChI is InChI=1S/C20H30ClNO/c1-15-7-8-17(23-13-5-11-21)14-19(15)20-9-4-3-6-18(20)16(2)22-12-10-20/h7-8,14,16,18,22H,3-6,9-13H2,1-2H3. The lowest BCUT2D eigenvalue weighted by molar-refractivity contribution is 0.0997. The molecule has 1 aliphatic carbocycles. The van der Waals surface area contributed by atoms with Gasteiger partial charge in [-0.15, -0.1) is 11.6 Å². The second-order valence-corrected chi connectivity index (χ2v) is 7.75. The van der Waals surface area contributed by atoms with Crippen LogP contribution >= 0.6 is 11.6 Å². The molecular weight excluding hydrogens is 306 g/mol. The van der Waals surface area contributed by atoms with E-state index in [2.05, 4.69) is 37.4 Å². The number of ether oxygens (including phenoxy) is 1. The number of piperidine rings is 1. The fourth-order valence-corrected chi connectivity index (χ4v) is 5.02. The maximum absolute atomic E-state index is 5.94. The van der Waals surface area contributed by atoms with Crippen molar-refractivity contribution in [2.45, 2.75) is 63.8 Å². The predicted octanol–water partition coefficient (Wildman–Crippen LogP) is 4.81. The molecule has 0 spiro atoms. The Kier molecular flexibility index (Phi) is 5.53. The van der Waals surface area contributed by atoms with Crippen LogP contribution in [0.3, 0.4) is 0 Å². The summed E-state index contributed by atoms with van der Waals surface area (Å²) in [6, 6.07) is 7.31. The van der Waals surface area contributed by atoms with Crippen LogP contribution in [0.5, 0.6) is 5.75 Å². The number of aryl methyl sites for hydroxylation is 1. The zero-order valence-electron chi connectivity index (χ0n) is 14.5. The second-order valence-electron chi connectivity index (χ2n) is 7.37. The SMILES string of the molecule is Cc1ccc(OCCCCl)cc1C12CCCCC1C(C)NCC2. The fraction of sp³-hybridized carbons (Fsp3) is 0.700. The molecule has 0 radical (unpaired) electrons. The van der Waals surface area contributed by atoms with Gasteiger partial charge in [0.2, 0.25) is 0 Å². The Hall–Kier alpha value is -0.730. The van der Waals surface area contributed by atoms with E-state index < -0.39 is 0 Å². The molecule has 2 aliphatic rings. The maximum atomic E-state index is 5.94. The van der Waals surface area contributed by atoms with Crippen molar-refractivity contribution in [2.24, 2.45) is 5.92 Å². The summed E-state index contributed by atoms with van der Waals surface area (Å²) in [7, 11) is 0. The minimum Gasteiger partial charge on any atom is -0.494 e. The molecule has 0 amide bonds. The number of alkyl halides is 1. The monoisotopic (exact) mass is 335 g/mol. The van der Waals surface area contributed by atoms with Crippen molar-refractivity contribution in [3.8, 4) is 5.75 Å². The lowest BCUT2D eigenvalue weighted by Crippen LogP contribution is -2.54. The van der Waals surface area contributed by atoms with Crippen LogP contribution < -0.4 is 10.1 Å². The van der Waals surface area contributed by atoms with E-state index in [-0.39, 0.29) is 0 Å². The van der Waals surface area contributed by atoms with Gasteiger partial charge in [-0.25, -0.2) is 0 Å². The van der Waals surface area contributed by atoms with Crippen LogP contribution in [0.1, 0.15) is 56.6 Å². The van der Waals surface area contributed by atoms with Gasteiger partial charge < -0.3 is 10.1 Å². The molecule has 1 saturated carbocycles. The van der Waals surface area contributed by atoms with Gasteiger partial charge in [-0.1, -0.05) is 18.9 Å². The molecule has 3 heteroatoms. The van der Waals surface area contributed by atoms with Crippen LogP contribution in [0.2, 0.25) is 0 Å². The van der Waals surface area contributed by atoms with Crippen molar-refractivity contribution in [1.29, 1.82) is 0 Å². The molecule has 3 rings (SSSR count). The minimum atomic E-state index is 0.346. The molecule has 3 unspecified atom stereocenters. The summed E-state index contributed by atoms with van der Waals surface area (Å²) in [6.07, 6.45) is 7.58. The van der Waals surface area contributed by atoms with E-state index in [9.17, 15) is 0 Å². The molecule has 1 N–H and O–H groups in total. The average Bonchev–Trinajstić information content (AvgIpc) is 2.57. The third-order valence-electron chi connectivity index (χ3n) is 6.03. The summed E-state index contributed by atoms with van der Waals surface area (Å²) in [4.78, 5) is 0. The van der Waals surface area contributed by atoms with Crippen molar-refractivity contribution in [3.05, 3.63) is 29.3 Å². The van der Waals surface area contributed by atoms with Crippen molar-refractivity contribution in [3.63, 3.8) is 0 Å². The van der Waals surface area contributed by atoms with Gasteiger partial charge in [0.05, 0.1) is 6.61 Å². The topological polar surface area (TPSA) is 21.3 Å². The summed E-state index contributed by atoms with van der Waals surface area (Å²) in [5, 5.41) is 3.71. The zero-order chi connectivity index (χ0) is 16.3. The van der Waals surface area contributed by atoms with Gasteiger partial charge in [0.1, 0.15) is 5.75 Å². The van der Waals surface area contributed by atoms with Crippen molar-refractivity contribution in [1.82, 2.24) is 5.32 Å². The number of halogens is 1. The minimum absolute atomic E-state index is 0.346. The van der Waals surface area contributed by atoms with Gasteiger partial charge in [0.25, 0.3) is 0 Å². The fourth-order valence-electron chi connectivity index (χ4n) is 4.91. The summed E-state index contributed by atoms with van der Waals surface area (Å²) >= 11 is 5.77. The molecule has 128 valence electrons. The molecule has 3 atom stereocenters. The Morgan fingerprint density at radius 1 is 1.30 bits per heavy atom. The van der Waals surface area contributed by atoms with Crippen molar-refractivity contribution >= 4 is 11.6 Å². The third-order valence-corrected chi connectivity index (χ3v) is 6.30. The summed E-state index contributed by atoms with van der Waals surface area (Å²) in [5.41, 5.74) is 3.31. The Balaban J connectivity index is 1.92. The Bertz CT molecular complexity index is 528. The van der Waals surface area contributed by atoms with Crippen LogP contribution in [0.25, 0.3) is 0 Å². The first kappa shape index (κ1) is 17.1. The highest BCUT2D eigenvalue weighted by atomic mass is 35.5. The van der Waals surface area contributed by atoms with E-state index in [0.29, 0.717) is 23.9 Å². The first-order valence-electron chi connectivity index (χ1n) is 9.21. The van der Waals surface area contributed by atoms with E-state index in [1.807, 2.05) is 0 Å². The largest absolute Gasteiger partial charge is 0.494 e. The summed E-state index contributed by atoms with van der Waals surface area (Å²) < 4.78 is 5.94. The molecule has 1 aliphatic heterocycles. The number of rotatable bonds is 5. The molecule has 23 heavy (non-hydrogen) atoms. The molecule has 1 heterocycles. The number of benzene rings is 1. The van der Waals surface area contributed by atoms with Crippen LogP contribution in [-0.4, -0.2) is 25.1 Å². The van der Waals surface area contributed by atoms with E-state index in [0.717, 1.165) is 24.6 Å². The quantitative estimate of drug-likeness (QED) is 0.615. The van der Waals surface area contributed by atoms with Gasteiger partial charge in [0, 0.05) is 17.3 Å². The Morgan fingerprint density at radius 3 is 3.00 bits per heavy atom. The molecule has 2 nitrogen and oxygen atoms in total. The van der Waals surface area contributed by atoms with Crippen LogP contribution in [-0.2, 0) is 5.41 Å². The zero-order valence-corrected chi connectivity index (χ0v) is 15.3. The number of hydrogen-bond acceptors (Lipinski definition) is 2. The average molecular weight is 336 g/mol. The highest BCUT2D eigenvalue weighted by Crippen LogP contribution is 2.50. The molecule has 1 aromatic rings. The first-order chi connectivity index (χ1) is 11.2. The summed E-state index contributed by atoms with van der Waals surface area (Å²) in [6.45, 7) is 6.49. The third kappa shape index (κ3) is 3.39. The Labute approximate surface area is 145 Å². The lowest BCUT2D eigenvalue weighted by Gasteiger charge is -2.52. The van der Waals surface area contributed by atoms with Gasteiger partial charge in [-0.2, -0.15) is 0 Å². The van der Waals surface area contributed by atoms with Crippen molar-refractivity contribution in [2.75, 3.05) is 19.0 Å². The van der Waals surface area contributed by atoms with E-state index in [4.69, 9.17) is 16.3 Å². The highest BCUT2D eigenvalue weighted by Gasteiger charge is 2.47. The Morgan fingerprint density at radius 2 is 2.17 bits per heavy atom. The smallest absolute Gasteiger partial charge is 0.119 e. The maximum Gasteiger partial charge on any atom is 0.119 e. The first-order valence-corrected chi connectivity index (χ1v) is 9.74. The van der Waals surface area contributed by atoms with Crippen LogP contribution in [0.4, 0.5) is 0 Å². The van der Waals surface area contributed by atoms with Crippen LogP contribution in [0, 0.1) is 12.8 Å². The normalized spacial score (nSPS) is 30.7. The van der Waals surface area contributed by atoms with E-state index in [1.54, 1.807) is 5.56 Å². The molecule has 0 bridgehead atoms. The van der Waals surface area contributed by atoms with Gasteiger partial charge in [-0.05, 0) is 75.3 Å². The molecule has 1 aromatic carbocycles. The van der Waals surface area contributed by atoms with Gasteiger partial charge in [0.15, 0.2) is 0 Å².